The fourth-order valence-electron chi connectivity index (χ4n) is 2.36. The van der Waals surface area contributed by atoms with Gasteiger partial charge in [-0.15, -0.1) is 11.3 Å². The number of hydrogen-bond acceptors (Lipinski definition) is 4. The largest absolute Gasteiger partial charge is 0.477 e. The zero-order chi connectivity index (χ0) is 14.7. The number of nitrogens with zero attached hydrogens (tertiary/aromatic N) is 1. The molecule has 6 heteroatoms. The van der Waals surface area contributed by atoms with Crippen LogP contribution >= 0.6 is 11.3 Å². The minimum Gasteiger partial charge on any atom is -0.477 e. The van der Waals surface area contributed by atoms with Crippen LogP contribution in [0.4, 0.5) is 0 Å². The monoisotopic (exact) mass is 296 g/mol. The Morgan fingerprint density at radius 2 is 2.10 bits per heavy atom. The normalized spacial score (nSPS) is 16.4. The van der Waals surface area contributed by atoms with Crippen LogP contribution < -0.4 is 5.32 Å². The van der Waals surface area contributed by atoms with Crippen molar-refractivity contribution in [1.82, 2.24) is 10.2 Å². The van der Waals surface area contributed by atoms with Crippen molar-refractivity contribution in [2.24, 2.45) is 0 Å². The first kappa shape index (κ1) is 15.0. The predicted octanol–water partition coefficient (Wildman–Crippen LogP) is 1.86. The molecule has 1 unspecified atom stereocenters. The maximum atomic E-state index is 12.1. The van der Waals surface area contributed by atoms with Crippen molar-refractivity contribution in [3.8, 4) is 0 Å². The Labute approximate surface area is 122 Å². The Morgan fingerprint density at radius 1 is 1.45 bits per heavy atom. The van der Waals surface area contributed by atoms with Crippen molar-refractivity contribution in [3.05, 3.63) is 21.4 Å². The van der Waals surface area contributed by atoms with E-state index in [9.17, 15) is 9.59 Å². The fraction of sp³-hybridized carbons (Fsp3) is 0.571. The van der Waals surface area contributed by atoms with Crippen LogP contribution in [0.25, 0.3) is 0 Å². The third kappa shape index (κ3) is 3.37. The molecule has 0 aromatic carbocycles. The Hall–Kier alpha value is -1.40. The highest BCUT2D eigenvalue weighted by Gasteiger charge is 2.23. The Balaban J connectivity index is 1.91. The number of carbonyl (C=O) groups excluding carboxylic acids is 1. The molecule has 0 bridgehead atoms. The molecule has 1 aliphatic heterocycles. The molecule has 1 fully saturated rings. The molecular formula is C14H20N2O3S. The van der Waals surface area contributed by atoms with Crippen LogP contribution in [0.2, 0.25) is 0 Å². The van der Waals surface area contributed by atoms with Gasteiger partial charge in [-0.1, -0.05) is 0 Å². The van der Waals surface area contributed by atoms with Crippen molar-refractivity contribution in [1.29, 1.82) is 0 Å². The Kier molecular flexibility index (Phi) is 4.77. The van der Waals surface area contributed by atoms with Crippen LogP contribution in [0, 0.1) is 6.92 Å². The lowest BCUT2D eigenvalue weighted by Crippen LogP contribution is -2.43. The molecule has 1 aromatic heterocycles. The average Bonchev–Trinajstić information content (AvgIpc) is 3.04. The number of carboxylic acid groups (broad SMARTS) is 1. The lowest BCUT2D eigenvalue weighted by molar-refractivity contribution is -0.131. The van der Waals surface area contributed by atoms with Crippen LogP contribution in [-0.4, -0.2) is 41.0 Å². The van der Waals surface area contributed by atoms with E-state index in [0.29, 0.717) is 11.4 Å². The van der Waals surface area contributed by atoms with Crippen molar-refractivity contribution >= 4 is 23.2 Å². The molecule has 0 saturated carbocycles. The molecule has 1 saturated heterocycles. The molecule has 0 aliphatic carbocycles. The summed E-state index contributed by atoms with van der Waals surface area (Å²) >= 11 is 1.27. The zero-order valence-corrected chi connectivity index (χ0v) is 12.6. The topological polar surface area (TPSA) is 69.6 Å². The molecular weight excluding hydrogens is 276 g/mol. The van der Waals surface area contributed by atoms with Gasteiger partial charge >= 0.3 is 5.97 Å². The van der Waals surface area contributed by atoms with E-state index >= 15 is 0 Å². The van der Waals surface area contributed by atoms with Gasteiger partial charge in [0.25, 0.3) is 0 Å². The lowest BCUT2D eigenvalue weighted by atomic mass is 10.2. The summed E-state index contributed by atoms with van der Waals surface area (Å²) in [6.07, 6.45) is 2.17. The minimum absolute atomic E-state index is 0.133. The van der Waals surface area contributed by atoms with Gasteiger partial charge in [0.1, 0.15) is 4.88 Å². The number of hydrogen-bond donors (Lipinski definition) is 2. The van der Waals surface area contributed by atoms with Crippen LogP contribution in [0.15, 0.2) is 6.07 Å². The first-order valence-corrected chi connectivity index (χ1v) is 7.65. The van der Waals surface area contributed by atoms with E-state index < -0.39 is 5.97 Å². The SMILES string of the molecule is Cc1sc(C(=O)O)cc1CNC(C)C(=O)N1CCCC1. The Morgan fingerprint density at radius 3 is 2.65 bits per heavy atom. The van der Waals surface area contributed by atoms with Crippen LogP contribution in [0.3, 0.4) is 0 Å². The zero-order valence-electron chi connectivity index (χ0n) is 11.8. The third-order valence-electron chi connectivity index (χ3n) is 3.62. The van der Waals surface area contributed by atoms with E-state index in [2.05, 4.69) is 5.32 Å². The van der Waals surface area contributed by atoms with E-state index in [-0.39, 0.29) is 11.9 Å². The molecule has 0 spiro atoms. The molecule has 2 rings (SSSR count). The number of amides is 1. The van der Waals surface area contributed by atoms with Crippen LogP contribution in [-0.2, 0) is 11.3 Å². The third-order valence-corrected chi connectivity index (χ3v) is 4.70. The first-order valence-electron chi connectivity index (χ1n) is 6.84. The second kappa shape index (κ2) is 6.37. The van der Waals surface area contributed by atoms with Gasteiger partial charge in [0.05, 0.1) is 6.04 Å². The number of aromatic carboxylic acids is 1. The van der Waals surface area contributed by atoms with E-state index in [1.165, 1.54) is 11.3 Å². The average molecular weight is 296 g/mol. The van der Waals surface area contributed by atoms with Crippen molar-refractivity contribution in [3.63, 3.8) is 0 Å². The van der Waals surface area contributed by atoms with Gasteiger partial charge in [0.2, 0.25) is 5.91 Å². The molecule has 2 heterocycles. The number of aryl methyl sites for hydroxylation is 1. The van der Waals surface area contributed by atoms with Crippen molar-refractivity contribution in [2.75, 3.05) is 13.1 Å². The molecule has 1 amide bonds. The molecule has 1 aromatic rings. The van der Waals surface area contributed by atoms with Crippen LogP contribution in [0.5, 0.6) is 0 Å². The standard InChI is InChI=1S/C14H20N2O3S/c1-9(13(17)16-5-3-4-6-16)15-8-11-7-12(14(18)19)20-10(11)2/h7,9,15H,3-6,8H2,1-2H3,(H,18,19). The van der Waals surface area contributed by atoms with Gasteiger partial charge in [-0.2, -0.15) is 0 Å². The number of rotatable bonds is 5. The van der Waals surface area contributed by atoms with Gasteiger partial charge in [-0.05, 0) is 38.3 Å². The number of thiophene rings is 1. The minimum atomic E-state index is -0.898. The van der Waals surface area contributed by atoms with Gasteiger partial charge in [-0.25, -0.2) is 4.79 Å². The van der Waals surface area contributed by atoms with Gasteiger partial charge in [0, 0.05) is 24.5 Å². The summed E-state index contributed by atoms with van der Waals surface area (Å²) in [6.45, 7) is 5.99. The fourth-order valence-corrected chi connectivity index (χ4v) is 3.24. The van der Waals surface area contributed by atoms with E-state index in [0.717, 1.165) is 36.4 Å². The smallest absolute Gasteiger partial charge is 0.345 e. The summed E-state index contributed by atoms with van der Waals surface area (Å²) in [5.74, 6) is -0.764. The first-order chi connectivity index (χ1) is 9.49. The van der Waals surface area contributed by atoms with E-state index in [4.69, 9.17) is 5.11 Å². The van der Waals surface area contributed by atoms with E-state index in [1.807, 2.05) is 18.7 Å². The Bertz CT molecular complexity index is 507. The van der Waals surface area contributed by atoms with Crippen LogP contribution in [0.1, 0.15) is 39.9 Å². The highest BCUT2D eigenvalue weighted by Crippen LogP contribution is 2.21. The van der Waals surface area contributed by atoms with Gasteiger partial charge in [0.15, 0.2) is 0 Å². The highest BCUT2D eigenvalue weighted by atomic mass is 32.1. The van der Waals surface area contributed by atoms with Crippen molar-refractivity contribution in [2.45, 2.75) is 39.3 Å². The number of carboxylic acids is 1. The molecule has 20 heavy (non-hydrogen) atoms. The molecule has 110 valence electrons. The number of nitrogens with one attached hydrogen (secondary N) is 1. The second-order valence-corrected chi connectivity index (χ2v) is 6.39. The summed E-state index contributed by atoms with van der Waals surface area (Å²) in [4.78, 5) is 26.3. The van der Waals surface area contributed by atoms with Gasteiger partial charge in [-0.3, -0.25) is 4.79 Å². The highest BCUT2D eigenvalue weighted by molar-refractivity contribution is 7.14. The molecule has 5 nitrogen and oxygen atoms in total. The quantitative estimate of drug-likeness (QED) is 0.870. The van der Waals surface area contributed by atoms with E-state index in [1.54, 1.807) is 6.07 Å². The van der Waals surface area contributed by atoms with Gasteiger partial charge < -0.3 is 15.3 Å². The maximum Gasteiger partial charge on any atom is 0.345 e. The predicted molar refractivity (Wildman–Crippen MR) is 78.1 cm³/mol. The summed E-state index contributed by atoms with van der Waals surface area (Å²) in [5.41, 5.74) is 0.952. The summed E-state index contributed by atoms with van der Waals surface area (Å²) in [5, 5.41) is 12.2. The van der Waals surface area contributed by atoms with Crippen molar-refractivity contribution < 1.29 is 14.7 Å². The number of carbonyl (C=O) groups is 2. The molecule has 2 N–H and O–H groups in total. The maximum absolute atomic E-state index is 12.1. The summed E-state index contributed by atoms with van der Waals surface area (Å²) in [7, 11) is 0. The molecule has 1 aliphatic rings. The summed E-state index contributed by atoms with van der Waals surface area (Å²) < 4.78 is 0. The number of likely N-dealkylation sites (tertiary alicyclic amines) is 1. The lowest BCUT2D eigenvalue weighted by Gasteiger charge is -2.21. The molecule has 1 atom stereocenters. The second-order valence-electron chi connectivity index (χ2n) is 5.13. The molecule has 0 radical (unpaired) electrons. The summed E-state index contributed by atoms with van der Waals surface area (Å²) in [6, 6.07) is 1.45.